The predicted molar refractivity (Wildman–Crippen MR) is 79.5 cm³/mol. The number of aryl methyl sites for hydroxylation is 2. The average molecular weight is 272 g/mol. The number of hydrogen-bond donors (Lipinski definition) is 2. The molecule has 2 rings (SSSR count). The molecule has 2 aromatic heterocycles. The van der Waals surface area contributed by atoms with Crippen molar-refractivity contribution in [2.24, 2.45) is 0 Å². The van der Waals surface area contributed by atoms with Gasteiger partial charge in [-0.15, -0.1) is 0 Å². The topological polar surface area (TPSA) is 70.9 Å². The summed E-state index contributed by atoms with van der Waals surface area (Å²) in [5.74, 6) is 0.523. The smallest absolute Gasteiger partial charge is 0.223 e. The first-order valence-electron chi connectivity index (χ1n) is 6.79. The van der Waals surface area contributed by atoms with E-state index < -0.39 is 0 Å². The monoisotopic (exact) mass is 272 g/mol. The van der Waals surface area contributed by atoms with Crippen LogP contribution in [0.4, 0.5) is 5.95 Å². The molecule has 0 aliphatic carbocycles. The highest BCUT2D eigenvalue weighted by atomic mass is 16.3. The highest BCUT2D eigenvalue weighted by Gasteiger charge is 2.07. The van der Waals surface area contributed by atoms with E-state index in [0.29, 0.717) is 18.9 Å². The molecule has 2 heterocycles. The number of nitrogens with one attached hydrogen (secondary N) is 1. The van der Waals surface area contributed by atoms with E-state index in [2.05, 4.69) is 20.3 Å². The minimum Gasteiger partial charge on any atom is -0.391 e. The van der Waals surface area contributed by atoms with Crippen molar-refractivity contribution >= 4 is 5.95 Å². The molecule has 0 saturated heterocycles. The maximum absolute atomic E-state index is 9.55. The van der Waals surface area contributed by atoms with Crippen molar-refractivity contribution < 1.29 is 5.11 Å². The summed E-state index contributed by atoms with van der Waals surface area (Å²) in [6, 6.07) is 5.85. The van der Waals surface area contributed by atoms with Gasteiger partial charge in [0.15, 0.2) is 0 Å². The van der Waals surface area contributed by atoms with Crippen molar-refractivity contribution in [3.63, 3.8) is 0 Å². The van der Waals surface area contributed by atoms with E-state index in [1.807, 2.05) is 39.0 Å². The van der Waals surface area contributed by atoms with Gasteiger partial charge in [0.25, 0.3) is 0 Å². The molecule has 0 saturated carbocycles. The zero-order valence-corrected chi connectivity index (χ0v) is 12.1. The maximum atomic E-state index is 9.55. The molecule has 0 amide bonds. The average Bonchev–Trinajstić information content (AvgIpc) is 2.45. The molecule has 0 fully saturated rings. The van der Waals surface area contributed by atoms with E-state index in [0.717, 1.165) is 22.6 Å². The molecule has 20 heavy (non-hydrogen) atoms. The first kappa shape index (κ1) is 14.4. The second-order valence-corrected chi connectivity index (χ2v) is 4.79. The van der Waals surface area contributed by atoms with Crippen molar-refractivity contribution in [2.75, 3.05) is 11.9 Å². The Balaban J connectivity index is 2.21. The molecule has 5 nitrogen and oxygen atoms in total. The molecule has 0 spiro atoms. The molecule has 2 N–H and O–H groups in total. The largest absolute Gasteiger partial charge is 0.391 e. The molecule has 0 aliphatic rings. The van der Waals surface area contributed by atoms with Gasteiger partial charge in [-0.2, -0.15) is 0 Å². The van der Waals surface area contributed by atoms with E-state index >= 15 is 0 Å². The van der Waals surface area contributed by atoms with Gasteiger partial charge in [0.05, 0.1) is 11.8 Å². The first-order valence-corrected chi connectivity index (χ1v) is 6.79. The standard InChI is InChI=1S/C15H20N4O/c1-4-12(20)9-17-15-16-8-7-14(19-15)13-6-5-10(2)18-11(13)3/h5-8,12,20H,4,9H2,1-3H3,(H,16,17,19)/t12-/m0/s1. The minimum atomic E-state index is -0.384. The van der Waals surface area contributed by atoms with Gasteiger partial charge < -0.3 is 10.4 Å². The molecule has 5 heteroatoms. The van der Waals surface area contributed by atoms with Crippen LogP contribution in [0.5, 0.6) is 0 Å². The van der Waals surface area contributed by atoms with Gasteiger partial charge in [-0.3, -0.25) is 4.98 Å². The number of nitrogens with zero attached hydrogens (tertiary/aromatic N) is 3. The van der Waals surface area contributed by atoms with Gasteiger partial charge in [0.2, 0.25) is 5.95 Å². The highest BCUT2D eigenvalue weighted by Crippen LogP contribution is 2.20. The summed E-state index contributed by atoms with van der Waals surface area (Å²) in [6.07, 6.45) is 2.03. The predicted octanol–water partition coefficient (Wildman–Crippen LogP) is 2.34. The van der Waals surface area contributed by atoms with Crippen molar-refractivity contribution in [3.05, 3.63) is 35.8 Å². The molecule has 2 aromatic rings. The SMILES string of the molecule is CC[C@H](O)CNc1nccc(-c2ccc(C)nc2C)n1. The molecule has 0 aromatic carbocycles. The van der Waals surface area contributed by atoms with Crippen LogP contribution < -0.4 is 5.32 Å². The molecule has 0 unspecified atom stereocenters. The highest BCUT2D eigenvalue weighted by molar-refractivity contribution is 5.62. The molecular weight excluding hydrogens is 252 g/mol. The van der Waals surface area contributed by atoms with Crippen LogP contribution in [0.2, 0.25) is 0 Å². The lowest BCUT2D eigenvalue weighted by Crippen LogP contribution is -2.19. The Labute approximate surface area is 119 Å². The first-order chi connectivity index (χ1) is 9.60. The number of pyridine rings is 1. The minimum absolute atomic E-state index is 0.384. The van der Waals surface area contributed by atoms with Crippen LogP contribution in [-0.4, -0.2) is 32.7 Å². The Bertz CT molecular complexity index is 586. The quantitative estimate of drug-likeness (QED) is 0.874. The van der Waals surface area contributed by atoms with Gasteiger partial charge in [0, 0.05) is 29.7 Å². The fourth-order valence-electron chi connectivity index (χ4n) is 1.90. The molecular formula is C15H20N4O. The molecule has 0 radical (unpaired) electrons. The second kappa shape index (κ2) is 6.43. The number of anilines is 1. The zero-order valence-electron chi connectivity index (χ0n) is 12.1. The van der Waals surface area contributed by atoms with Gasteiger partial charge in [-0.25, -0.2) is 9.97 Å². The summed E-state index contributed by atoms with van der Waals surface area (Å²) in [5, 5.41) is 12.6. The van der Waals surface area contributed by atoms with Crippen molar-refractivity contribution in [1.82, 2.24) is 15.0 Å². The van der Waals surface area contributed by atoms with E-state index in [1.54, 1.807) is 6.20 Å². The van der Waals surface area contributed by atoms with Gasteiger partial charge in [-0.05, 0) is 38.5 Å². The third kappa shape index (κ3) is 3.51. The van der Waals surface area contributed by atoms with Crippen LogP contribution in [0, 0.1) is 13.8 Å². The van der Waals surface area contributed by atoms with Crippen LogP contribution in [0.1, 0.15) is 24.7 Å². The van der Waals surface area contributed by atoms with Crippen LogP contribution in [0.15, 0.2) is 24.4 Å². The Hall–Kier alpha value is -2.01. The van der Waals surface area contributed by atoms with Crippen molar-refractivity contribution in [2.45, 2.75) is 33.3 Å². The number of aromatic nitrogens is 3. The van der Waals surface area contributed by atoms with Crippen LogP contribution in [-0.2, 0) is 0 Å². The summed E-state index contributed by atoms with van der Waals surface area (Å²) in [5.41, 5.74) is 3.77. The molecule has 1 atom stereocenters. The van der Waals surface area contributed by atoms with E-state index in [-0.39, 0.29) is 6.10 Å². The number of rotatable bonds is 5. The lowest BCUT2D eigenvalue weighted by Gasteiger charge is -2.10. The van der Waals surface area contributed by atoms with Gasteiger partial charge in [0.1, 0.15) is 0 Å². The Morgan fingerprint density at radius 1 is 1.20 bits per heavy atom. The number of aliphatic hydroxyl groups excluding tert-OH is 1. The summed E-state index contributed by atoms with van der Waals surface area (Å²) in [7, 11) is 0. The number of hydrogen-bond acceptors (Lipinski definition) is 5. The van der Waals surface area contributed by atoms with Crippen LogP contribution in [0.25, 0.3) is 11.3 Å². The Morgan fingerprint density at radius 3 is 2.70 bits per heavy atom. The maximum Gasteiger partial charge on any atom is 0.223 e. The summed E-state index contributed by atoms with van der Waals surface area (Å²) < 4.78 is 0. The Morgan fingerprint density at radius 2 is 2.00 bits per heavy atom. The Kier molecular flexibility index (Phi) is 4.63. The molecule has 0 bridgehead atoms. The van der Waals surface area contributed by atoms with Gasteiger partial charge >= 0.3 is 0 Å². The lowest BCUT2D eigenvalue weighted by atomic mass is 10.1. The van der Waals surface area contributed by atoms with Crippen molar-refractivity contribution in [1.29, 1.82) is 0 Å². The van der Waals surface area contributed by atoms with E-state index in [4.69, 9.17) is 0 Å². The number of aliphatic hydroxyl groups is 1. The van der Waals surface area contributed by atoms with E-state index in [9.17, 15) is 5.11 Å². The fraction of sp³-hybridized carbons (Fsp3) is 0.400. The van der Waals surface area contributed by atoms with Crippen LogP contribution >= 0.6 is 0 Å². The fourth-order valence-corrected chi connectivity index (χ4v) is 1.90. The van der Waals surface area contributed by atoms with Crippen LogP contribution in [0.3, 0.4) is 0 Å². The summed E-state index contributed by atoms with van der Waals surface area (Å²) in [6.45, 7) is 6.32. The molecule has 106 valence electrons. The lowest BCUT2D eigenvalue weighted by molar-refractivity contribution is 0.183. The van der Waals surface area contributed by atoms with E-state index in [1.165, 1.54) is 0 Å². The third-order valence-corrected chi connectivity index (χ3v) is 3.12. The normalized spacial score (nSPS) is 12.2. The summed E-state index contributed by atoms with van der Waals surface area (Å²) >= 11 is 0. The van der Waals surface area contributed by atoms with Gasteiger partial charge in [-0.1, -0.05) is 6.92 Å². The summed E-state index contributed by atoms with van der Waals surface area (Å²) in [4.78, 5) is 13.1. The molecule has 0 aliphatic heterocycles. The third-order valence-electron chi connectivity index (χ3n) is 3.12. The van der Waals surface area contributed by atoms with Crippen molar-refractivity contribution in [3.8, 4) is 11.3 Å². The zero-order chi connectivity index (χ0) is 14.5. The second-order valence-electron chi connectivity index (χ2n) is 4.79.